The van der Waals surface area contributed by atoms with Gasteiger partial charge in [-0.1, -0.05) is 19.4 Å². The average molecular weight is 267 g/mol. The quantitative estimate of drug-likeness (QED) is 0.508. The van der Waals surface area contributed by atoms with Crippen molar-refractivity contribution in [2.75, 3.05) is 0 Å². The Morgan fingerprint density at radius 3 is 3.00 bits per heavy atom. The van der Waals surface area contributed by atoms with Gasteiger partial charge in [0.1, 0.15) is 9.88 Å². The molecule has 0 unspecified atom stereocenters. The Hall–Kier alpha value is -1.24. The maximum Gasteiger partial charge on any atom is 0.277 e. The number of hydrogen-bond donors (Lipinski definition) is 2. The van der Waals surface area contributed by atoms with Crippen molar-refractivity contribution in [2.24, 2.45) is 5.84 Å². The van der Waals surface area contributed by atoms with E-state index in [0.29, 0.717) is 4.88 Å². The fraction of sp³-hybridized carbons (Fsp3) is 0.273. The minimum atomic E-state index is -0.256. The van der Waals surface area contributed by atoms with Gasteiger partial charge in [0.25, 0.3) is 5.91 Å². The smallest absolute Gasteiger partial charge is 0.277 e. The fourth-order valence-electron chi connectivity index (χ4n) is 1.51. The van der Waals surface area contributed by atoms with E-state index in [-0.39, 0.29) is 5.91 Å². The number of hydrazine groups is 1. The summed E-state index contributed by atoms with van der Waals surface area (Å²) in [7, 11) is 0. The topological polar surface area (TPSA) is 68.0 Å². The van der Waals surface area contributed by atoms with Crippen LogP contribution in [0.5, 0.6) is 0 Å². The molecule has 0 bridgehead atoms. The Kier molecular flexibility index (Phi) is 3.88. The number of hydrogen-bond acceptors (Lipinski definition) is 5. The Labute approximate surface area is 107 Å². The number of amides is 1. The van der Waals surface area contributed by atoms with Gasteiger partial charge in [-0.05, 0) is 17.9 Å². The highest BCUT2D eigenvalue weighted by molar-refractivity contribution is 7.22. The van der Waals surface area contributed by atoms with E-state index in [4.69, 9.17) is 5.84 Å². The molecule has 2 rings (SSSR count). The van der Waals surface area contributed by atoms with Crippen molar-refractivity contribution in [1.29, 1.82) is 0 Å². The molecule has 6 heteroatoms. The lowest BCUT2D eigenvalue weighted by atomic mass is 10.2. The zero-order valence-corrected chi connectivity index (χ0v) is 11.0. The molecule has 0 saturated carbocycles. The molecule has 0 saturated heterocycles. The lowest BCUT2D eigenvalue weighted by Gasteiger charge is -1.97. The summed E-state index contributed by atoms with van der Waals surface area (Å²) in [6, 6.07) is 3.98. The molecule has 2 aromatic heterocycles. The number of aryl methyl sites for hydroxylation is 1. The summed E-state index contributed by atoms with van der Waals surface area (Å²) in [6.45, 7) is 2.06. The van der Waals surface area contributed by atoms with Crippen LogP contribution in [0.25, 0.3) is 9.88 Å². The van der Waals surface area contributed by atoms with E-state index < -0.39 is 0 Å². The third-order valence-corrected chi connectivity index (χ3v) is 4.39. The third kappa shape index (κ3) is 2.54. The van der Waals surface area contributed by atoms with Crippen molar-refractivity contribution in [2.45, 2.75) is 19.8 Å². The van der Waals surface area contributed by atoms with Crippen LogP contribution in [0.2, 0.25) is 0 Å². The Morgan fingerprint density at radius 1 is 1.59 bits per heavy atom. The SMILES string of the molecule is CCCc1nc(-c2cccs2)sc1C(=O)NN. The van der Waals surface area contributed by atoms with Gasteiger partial charge in [0.2, 0.25) is 0 Å². The van der Waals surface area contributed by atoms with Crippen LogP contribution in [0.4, 0.5) is 0 Å². The van der Waals surface area contributed by atoms with Crippen LogP contribution in [0.3, 0.4) is 0 Å². The minimum Gasteiger partial charge on any atom is -0.289 e. The van der Waals surface area contributed by atoms with Crippen molar-refractivity contribution in [3.63, 3.8) is 0 Å². The van der Waals surface area contributed by atoms with Gasteiger partial charge in [-0.2, -0.15) is 0 Å². The van der Waals surface area contributed by atoms with Gasteiger partial charge in [-0.25, -0.2) is 10.8 Å². The number of thiazole rings is 1. The van der Waals surface area contributed by atoms with E-state index in [1.54, 1.807) is 11.3 Å². The predicted molar refractivity (Wildman–Crippen MR) is 71.1 cm³/mol. The highest BCUT2D eigenvalue weighted by Gasteiger charge is 2.17. The molecule has 0 spiro atoms. The molecule has 0 aromatic carbocycles. The van der Waals surface area contributed by atoms with E-state index in [1.165, 1.54) is 11.3 Å². The average Bonchev–Trinajstić information content (AvgIpc) is 2.96. The van der Waals surface area contributed by atoms with E-state index in [0.717, 1.165) is 28.4 Å². The molecule has 0 atom stereocenters. The third-order valence-electron chi connectivity index (χ3n) is 2.25. The largest absolute Gasteiger partial charge is 0.289 e. The standard InChI is InChI=1S/C11H13N3OS2/c1-2-4-7-9(10(15)14-12)17-11(13-7)8-5-3-6-16-8/h3,5-6H,2,4,12H2,1H3,(H,14,15). The van der Waals surface area contributed by atoms with Crippen molar-refractivity contribution in [3.8, 4) is 9.88 Å². The first-order chi connectivity index (χ1) is 8.26. The highest BCUT2D eigenvalue weighted by atomic mass is 32.1. The molecule has 0 aliphatic heterocycles. The number of nitrogens with one attached hydrogen (secondary N) is 1. The summed E-state index contributed by atoms with van der Waals surface area (Å²) in [5.41, 5.74) is 3.01. The molecule has 1 amide bonds. The number of nitrogens with two attached hydrogens (primary N) is 1. The number of carbonyl (C=O) groups is 1. The number of nitrogens with zero attached hydrogens (tertiary/aromatic N) is 1. The maximum atomic E-state index is 11.6. The summed E-state index contributed by atoms with van der Waals surface area (Å²) < 4.78 is 0. The van der Waals surface area contributed by atoms with E-state index in [1.807, 2.05) is 17.5 Å². The molecule has 2 heterocycles. The van der Waals surface area contributed by atoms with Crippen LogP contribution in [0.15, 0.2) is 17.5 Å². The van der Waals surface area contributed by atoms with Crippen molar-refractivity contribution < 1.29 is 4.79 Å². The molecule has 0 radical (unpaired) electrons. The predicted octanol–water partition coefficient (Wildman–Crippen LogP) is 2.43. The van der Waals surface area contributed by atoms with E-state index >= 15 is 0 Å². The van der Waals surface area contributed by atoms with Crippen LogP contribution >= 0.6 is 22.7 Å². The fourth-order valence-corrected chi connectivity index (χ4v) is 3.32. The van der Waals surface area contributed by atoms with Gasteiger partial charge in [0.05, 0.1) is 10.6 Å². The molecule has 0 fully saturated rings. The van der Waals surface area contributed by atoms with Crippen molar-refractivity contribution in [1.82, 2.24) is 10.4 Å². The van der Waals surface area contributed by atoms with Gasteiger partial charge < -0.3 is 0 Å². The Morgan fingerprint density at radius 2 is 2.41 bits per heavy atom. The van der Waals surface area contributed by atoms with Gasteiger partial charge in [-0.15, -0.1) is 22.7 Å². The molecule has 2 aromatic rings. The number of carbonyl (C=O) groups excluding carboxylic acids is 1. The van der Waals surface area contributed by atoms with Gasteiger partial charge in [0.15, 0.2) is 0 Å². The molecule has 90 valence electrons. The van der Waals surface area contributed by atoms with Gasteiger partial charge >= 0.3 is 0 Å². The normalized spacial score (nSPS) is 10.5. The zero-order valence-electron chi connectivity index (χ0n) is 9.40. The number of nitrogen functional groups attached to an aromatic ring is 1. The van der Waals surface area contributed by atoms with Crippen molar-refractivity contribution >= 4 is 28.6 Å². The van der Waals surface area contributed by atoms with Crippen LogP contribution in [-0.4, -0.2) is 10.9 Å². The Bertz CT molecular complexity index is 505. The lowest BCUT2D eigenvalue weighted by Crippen LogP contribution is -2.30. The Balaban J connectivity index is 2.40. The van der Waals surface area contributed by atoms with Gasteiger partial charge in [0, 0.05) is 0 Å². The van der Waals surface area contributed by atoms with Crippen LogP contribution in [0.1, 0.15) is 28.7 Å². The maximum absolute atomic E-state index is 11.6. The summed E-state index contributed by atoms with van der Waals surface area (Å²) in [4.78, 5) is 17.9. The van der Waals surface area contributed by atoms with Crippen LogP contribution in [-0.2, 0) is 6.42 Å². The number of aromatic nitrogens is 1. The molecular weight excluding hydrogens is 254 g/mol. The van der Waals surface area contributed by atoms with Crippen molar-refractivity contribution in [3.05, 3.63) is 28.1 Å². The molecule has 3 N–H and O–H groups in total. The second-order valence-corrected chi connectivity index (χ2v) is 5.44. The summed E-state index contributed by atoms with van der Waals surface area (Å²) in [5, 5.41) is 2.89. The van der Waals surface area contributed by atoms with Crippen LogP contribution < -0.4 is 11.3 Å². The van der Waals surface area contributed by atoms with E-state index in [2.05, 4.69) is 17.3 Å². The summed E-state index contributed by atoms with van der Waals surface area (Å²) in [5.74, 6) is 4.92. The minimum absolute atomic E-state index is 0.256. The van der Waals surface area contributed by atoms with E-state index in [9.17, 15) is 4.79 Å². The second kappa shape index (κ2) is 5.39. The highest BCUT2D eigenvalue weighted by Crippen LogP contribution is 2.31. The zero-order chi connectivity index (χ0) is 12.3. The number of rotatable bonds is 4. The molecule has 17 heavy (non-hydrogen) atoms. The summed E-state index contributed by atoms with van der Waals surface area (Å²) >= 11 is 3.02. The molecule has 0 aliphatic rings. The van der Waals surface area contributed by atoms with Gasteiger partial charge in [-0.3, -0.25) is 10.2 Å². The first-order valence-corrected chi connectivity index (χ1v) is 7.00. The number of thiophene rings is 1. The first-order valence-electron chi connectivity index (χ1n) is 5.30. The lowest BCUT2D eigenvalue weighted by molar-refractivity contribution is 0.0956. The summed E-state index contributed by atoms with van der Waals surface area (Å²) in [6.07, 6.45) is 1.75. The first kappa shape index (κ1) is 12.2. The second-order valence-electron chi connectivity index (χ2n) is 3.50. The monoisotopic (exact) mass is 267 g/mol. The molecule has 4 nitrogen and oxygen atoms in total. The molecular formula is C11H13N3OS2. The van der Waals surface area contributed by atoms with Crippen LogP contribution in [0, 0.1) is 0 Å². The molecule has 0 aliphatic carbocycles.